The molecule has 1 fully saturated rings. The fourth-order valence-electron chi connectivity index (χ4n) is 4.46. The predicted molar refractivity (Wildman–Crippen MR) is 131 cm³/mol. The largest absolute Gasteiger partial charge is 0.497 e. The molecule has 1 saturated heterocycles. The highest BCUT2D eigenvalue weighted by atomic mass is 16.5. The lowest BCUT2D eigenvalue weighted by Gasteiger charge is -2.35. The Bertz CT molecular complexity index is 1180. The van der Waals surface area contributed by atoms with E-state index in [1.165, 1.54) is 12.7 Å². The van der Waals surface area contributed by atoms with Crippen LogP contribution in [0.1, 0.15) is 37.7 Å². The molecule has 0 spiro atoms. The quantitative estimate of drug-likeness (QED) is 0.561. The zero-order valence-corrected chi connectivity index (χ0v) is 20.2. The van der Waals surface area contributed by atoms with Crippen molar-refractivity contribution in [3.63, 3.8) is 0 Å². The van der Waals surface area contributed by atoms with Crippen molar-refractivity contribution in [1.29, 1.82) is 0 Å². The lowest BCUT2D eigenvalue weighted by Crippen LogP contribution is -2.50. The summed E-state index contributed by atoms with van der Waals surface area (Å²) in [5, 5.41) is 0. The van der Waals surface area contributed by atoms with Crippen LogP contribution in [0.15, 0.2) is 54.6 Å². The van der Waals surface area contributed by atoms with E-state index in [1.54, 1.807) is 30.2 Å². The third kappa shape index (κ3) is 4.64. The van der Waals surface area contributed by atoms with Crippen LogP contribution in [-0.4, -0.2) is 66.6 Å². The number of methoxy groups -OCH3 is 2. The zero-order chi connectivity index (χ0) is 24.2. The van der Waals surface area contributed by atoms with Crippen LogP contribution < -0.4 is 9.47 Å². The number of nitrogens with zero attached hydrogens (tertiary/aromatic N) is 3. The van der Waals surface area contributed by atoms with Gasteiger partial charge in [-0.15, -0.1) is 0 Å². The summed E-state index contributed by atoms with van der Waals surface area (Å²) in [7, 11) is 3.11. The molecule has 2 aromatic carbocycles. The molecule has 0 saturated carbocycles. The summed E-state index contributed by atoms with van der Waals surface area (Å²) in [6.07, 6.45) is 0. The maximum atomic E-state index is 13.3. The number of carbonyl (C=O) groups excluding carboxylic acids is 2. The molecule has 1 aliphatic heterocycles. The van der Waals surface area contributed by atoms with Gasteiger partial charge in [0.05, 0.1) is 25.3 Å². The summed E-state index contributed by atoms with van der Waals surface area (Å²) in [6, 6.07) is 17.4. The number of ether oxygens (including phenoxy) is 2. The summed E-state index contributed by atoms with van der Waals surface area (Å²) < 4.78 is 12.8. The number of benzene rings is 2. The lowest BCUT2D eigenvalue weighted by molar-refractivity contribution is 0.0533. The number of hydrogen-bond donors (Lipinski definition) is 0. The summed E-state index contributed by atoms with van der Waals surface area (Å²) in [4.78, 5) is 30.0. The normalized spacial score (nSPS) is 13.6. The van der Waals surface area contributed by atoms with E-state index in [9.17, 15) is 9.59 Å². The molecule has 0 bridgehead atoms. The van der Waals surface area contributed by atoms with Crippen LogP contribution in [0.5, 0.6) is 11.5 Å². The second kappa shape index (κ2) is 10.0. The molecule has 0 unspecified atom stereocenters. The highest BCUT2D eigenvalue weighted by Crippen LogP contribution is 2.26. The van der Waals surface area contributed by atoms with E-state index in [0.29, 0.717) is 43.2 Å². The van der Waals surface area contributed by atoms with Crippen molar-refractivity contribution in [3.8, 4) is 11.5 Å². The van der Waals surface area contributed by atoms with E-state index in [0.717, 1.165) is 23.5 Å². The average Bonchev–Trinajstić information content (AvgIpc) is 3.16. The molecule has 7 heteroatoms. The van der Waals surface area contributed by atoms with Crippen molar-refractivity contribution >= 4 is 11.8 Å². The minimum atomic E-state index is -0.104. The number of rotatable bonds is 6. The third-order valence-electron chi connectivity index (χ3n) is 6.48. The van der Waals surface area contributed by atoms with Gasteiger partial charge in [-0.2, -0.15) is 0 Å². The molecule has 0 radical (unpaired) electrons. The number of aryl methyl sites for hydroxylation is 1. The van der Waals surface area contributed by atoms with Crippen LogP contribution in [0.4, 0.5) is 0 Å². The van der Waals surface area contributed by atoms with Gasteiger partial charge in [-0.05, 0) is 37.6 Å². The number of amides is 2. The monoisotopic (exact) mass is 461 g/mol. The first kappa shape index (κ1) is 23.4. The van der Waals surface area contributed by atoms with Crippen LogP contribution in [0.2, 0.25) is 0 Å². The first-order valence-electron chi connectivity index (χ1n) is 11.4. The zero-order valence-electron chi connectivity index (χ0n) is 20.2. The fraction of sp³-hybridized carbons (Fsp3) is 0.333. The lowest BCUT2D eigenvalue weighted by atomic mass is 10.1. The molecule has 3 aromatic rings. The minimum Gasteiger partial charge on any atom is -0.497 e. The van der Waals surface area contributed by atoms with Gasteiger partial charge in [-0.3, -0.25) is 9.59 Å². The maximum absolute atomic E-state index is 13.3. The Labute approximate surface area is 200 Å². The van der Waals surface area contributed by atoms with Gasteiger partial charge >= 0.3 is 0 Å². The number of aromatic nitrogens is 1. The van der Waals surface area contributed by atoms with Crippen LogP contribution in [0.3, 0.4) is 0 Å². The molecule has 178 valence electrons. The van der Waals surface area contributed by atoms with Crippen LogP contribution >= 0.6 is 0 Å². The molecule has 2 heterocycles. The average molecular weight is 462 g/mol. The standard InChI is InChI=1S/C27H31N3O4/c1-19-16-24(20(2)30(19)18-21-8-6-5-7-9-21)27(32)29-14-12-28(13-15-29)26(31)23-11-10-22(33-3)17-25(23)34-4/h5-11,16-17H,12-15,18H2,1-4H3. The van der Waals surface area contributed by atoms with Crippen molar-refractivity contribution in [2.45, 2.75) is 20.4 Å². The summed E-state index contributed by atoms with van der Waals surface area (Å²) >= 11 is 0. The fourth-order valence-corrected chi connectivity index (χ4v) is 4.46. The first-order valence-corrected chi connectivity index (χ1v) is 11.4. The van der Waals surface area contributed by atoms with Gasteiger partial charge in [0.25, 0.3) is 11.8 Å². The molecular formula is C27H31N3O4. The van der Waals surface area contributed by atoms with Gasteiger partial charge in [0.15, 0.2) is 0 Å². The molecule has 0 atom stereocenters. The Kier molecular flexibility index (Phi) is 6.91. The Hall–Kier alpha value is -3.74. The van der Waals surface area contributed by atoms with Crippen molar-refractivity contribution in [2.75, 3.05) is 40.4 Å². The summed E-state index contributed by atoms with van der Waals surface area (Å²) in [6.45, 7) is 6.70. The minimum absolute atomic E-state index is 0.0153. The van der Waals surface area contributed by atoms with Gasteiger partial charge in [-0.1, -0.05) is 30.3 Å². The van der Waals surface area contributed by atoms with E-state index in [1.807, 2.05) is 43.0 Å². The Balaban J connectivity index is 1.43. The first-order chi connectivity index (χ1) is 16.4. The van der Waals surface area contributed by atoms with Crippen molar-refractivity contribution in [3.05, 3.63) is 82.7 Å². The van der Waals surface area contributed by atoms with E-state index in [4.69, 9.17) is 9.47 Å². The van der Waals surface area contributed by atoms with Gasteiger partial charge < -0.3 is 23.8 Å². The van der Waals surface area contributed by atoms with Gasteiger partial charge in [0.1, 0.15) is 11.5 Å². The number of piperazine rings is 1. The summed E-state index contributed by atoms with van der Waals surface area (Å²) in [5.41, 5.74) is 4.44. The summed E-state index contributed by atoms with van der Waals surface area (Å²) in [5.74, 6) is 1.02. The second-order valence-corrected chi connectivity index (χ2v) is 8.51. The Morgan fingerprint density at radius 2 is 1.41 bits per heavy atom. The smallest absolute Gasteiger partial charge is 0.257 e. The van der Waals surface area contributed by atoms with Crippen LogP contribution in [0.25, 0.3) is 0 Å². The van der Waals surface area contributed by atoms with Gasteiger partial charge in [-0.25, -0.2) is 0 Å². The third-order valence-corrected chi connectivity index (χ3v) is 6.48. The second-order valence-electron chi connectivity index (χ2n) is 8.51. The number of carbonyl (C=O) groups is 2. The molecule has 34 heavy (non-hydrogen) atoms. The van der Waals surface area contributed by atoms with E-state index >= 15 is 0 Å². The predicted octanol–water partition coefficient (Wildman–Crippen LogP) is 3.77. The highest BCUT2D eigenvalue weighted by molar-refractivity contribution is 5.98. The molecule has 1 aliphatic rings. The molecule has 2 amide bonds. The van der Waals surface area contributed by atoms with Crippen molar-refractivity contribution in [2.24, 2.45) is 0 Å². The van der Waals surface area contributed by atoms with Gasteiger partial charge in [0.2, 0.25) is 0 Å². The maximum Gasteiger partial charge on any atom is 0.257 e. The van der Waals surface area contributed by atoms with Crippen molar-refractivity contribution in [1.82, 2.24) is 14.4 Å². The van der Waals surface area contributed by atoms with Crippen molar-refractivity contribution < 1.29 is 19.1 Å². The SMILES string of the molecule is COc1ccc(C(=O)N2CCN(C(=O)c3cc(C)n(Cc4ccccc4)c3C)CC2)c(OC)c1. The molecule has 1 aromatic heterocycles. The molecule has 7 nitrogen and oxygen atoms in total. The van der Waals surface area contributed by atoms with E-state index < -0.39 is 0 Å². The molecule has 0 N–H and O–H groups in total. The van der Waals surface area contributed by atoms with Gasteiger partial charge in [0, 0.05) is 50.2 Å². The van der Waals surface area contributed by atoms with Crippen LogP contribution in [0, 0.1) is 13.8 Å². The molecule has 0 aliphatic carbocycles. The number of hydrogen-bond acceptors (Lipinski definition) is 4. The molecular weight excluding hydrogens is 430 g/mol. The Morgan fingerprint density at radius 3 is 2.00 bits per heavy atom. The van der Waals surface area contributed by atoms with E-state index in [2.05, 4.69) is 16.7 Å². The van der Waals surface area contributed by atoms with Crippen LogP contribution in [-0.2, 0) is 6.54 Å². The Morgan fingerprint density at radius 1 is 0.794 bits per heavy atom. The highest BCUT2D eigenvalue weighted by Gasteiger charge is 2.28. The molecule has 4 rings (SSSR count). The topological polar surface area (TPSA) is 64.0 Å². The van der Waals surface area contributed by atoms with E-state index in [-0.39, 0.29) is 11.8 Å².